The Morgan fingerprint density at radius 2 is 1.45 bits per heavy atom. The highest BCUT2D eigenvalue weighted by atomic mass is 16.1. The number of carbonyl (C=O) groups is 1. The summed E-state index contributed by atoms with van der Waals surface area (Å²) in [6, 6.07) is 33.6. The molecule has 0 spiro atoms. The molecule has 0 saturated carbocycles. The molecule has 6 aromatic rings. The first-order chi connectivity index (χ1) is 21.6. The van der Waals surface area contributed by atoms with Gasteiger partial charge in [-0.1, -0.05) is 72.8 Å². The summed E-state index contributed by atoms with van der Waals surface area (Å²) in [6.45, 7) is 5.20. The standard InChI is InChI=1S/C37H36N6O/c1-25(44)38-20-17-26-13-16-33-34(23-26)40-35(28-7-3-2-4-8-28)36(39-33)29-14-11-27(12-15-29)24-43-21-18-30(19-22-43)37-41-31-9-5-6-10-32(31)42-37/h2-16,23,30H,17-22,24H2,1H3,(H,38,44)(H,41,42). The zero-order valence-electron chi connectivity index (χ0n) is 25.0. The van der Waals surface area contributed by atoms with Crippen LogP contribution in [0.5, 0.6) is 0 Å². The first kappa shape index (κ1) is 27.9. The van der Waals surface area contributed by atoms with Crippen molar-refractivity contribution in [2.75, 3.05) is 19.6 Å². The number of piperidine rings is 1. The summed E-state index contributed by atoms with van der Waals surface area (Å²) in [5.41, 5.74) is 10.2. The molecule has 1 saturated heterocycles. The molecular weight excluding hydrogens is 544 g/mol. The molecule has 44 heavy (non-hydrogen) atoms. The molecule has 7 heteroatoms. The van der Waals surface area contributed by atoms with Crippen LogP contribution in [0, 0.1) is 0 Å². The van der Waals surface area contributed by atoms with Crippen LogP contribution in [0.15, 0.2) is 97.1 Å². The van der Waals surface area contributed by atoms with Gasteiger partial charge in [-0.3, -0.25) is 9.69 Å². The molecule has 4 aromatic carbocycles. The van der Waals surface area contributed by atoms with E-state index < -0.39 is 0 Å². The Morgan fingerprint density at radius 1 is 0.773 bits per heavy atom. The van der Waals surface area contributed by atoms with E-state index in [-0.39, 0.29) is 5.91 Å². The maximum atomic E-state index is 11.3. The van der Waals surface area contributed by atoms with Crippen molar-refractivity contribution < 1.29 is 4.79 Å². The van der Waals surface area contributed by atoms with Gasteiger partial charge in [0.15, 0.2) is 0 Å². The highest BCUT2D eigenvalue weighted by Gasteiger charge is 2.23. The molecule has 2 N–H and O–H groups in total. The summed E-state index contributed by atoms with van der Waals surface area (Å²) in [6.07, 6.45) is 2.97. The molecule has 0 aliphatic carbocycles. The number of hydrogen-bond acceptors (Lipinski definition) is 5. The zero-order valence-corrected chi connectivity index (χ0v) is 25.0. The molecule has 0 radical (unpaired) electrons. The first-order valence-corrected chi connectivity index (χ1v) is 15.5. The molecule has 1 aliphatic heterocycles. The van der Waals surface area contributed by atoms with E-state index in [1.165, 1.54) is 5.56 Å². The van der Waals surface area contributed by atoms with E-state index >= 15 is 0 Å². The molecule has 2 aromatic heterocycles. The SMILES string of the molecule is CC(=O)NCCc1ccc2nc(-c3ccc(CN4CCC(c5nc6ccccc6[nH]5)CC4)cc3)c(-c3ccccc3)nc2c1. The molecule has 7 rings (SSSR count). The number of hydrogen-bond donors (Lipinski definition) is 2. The molecule has 7 nitrogen and oxygen atoms in total. The Labute approximate surface area is 257 Å². The van der Waals surface area contributed by atoms with Crippen molar-refractivity contribution in [3.63, 3.8) is 0 Å². The van der Waals surface area contributed by atoms with E-state index in [1.807, 2.05) is 30.3 Å². The number of aromatic nitrogens is 4. The quantitative estimate of drug-likeness (QED) is 0.205. The maximum absolute atomic E-state index is 11.3. The molecule has 220 valence electrons. The number of likely N-dealkylation sites (tertiary alicyclic amines) is 1. The van der Waals surface area contributed by atoms with E-state index in [2.05, 4.69) is 81.9 Å². The van der Waals surface area contributed by atoms with Crippen molar-refractivity contribution in [2.24, 2.45) is 0 Å². The molecular formula is C37H36N6O. The number of benzene rings is 4. The van der Waals surface area contributed by atoms with Crippen LogP contribution >= 0.6 is 0 Å². The van der Waals surface area contributed by atoms with Gasteiger partial charge in [0, 0.05) is 37.1 Å². The summed E-state index contributed by atoms with van der Waals surface area (Å²) < 4.78 is 0. The largest absolute Gasteiger partial charge is 0.356 e. The van der Waals surface area contributed by atoms with Crippen LogP contribution < -0.4 is 5.32 Å². The number of imidazole rings is 1. The van der Waals surface area contributed by atoms with E-state index in [0.717, 1.165) is 94.9 Å². The molecule has 0 bridgehead atoms. The molecule has 0 atom stereocenters. The minimum Gasteiger partial charge on any atom is -0.356 e. The summed E-state index contributed by atoms with van der Waals surface area (Å²) in [7, 11) is 0. The van der Waals surface area contributed by atoms with Crippen molar-refractivity contribution in [3.05, 3.63) is 114 Å². The predicted octanol–water partition coefficient (Wildman–Crippen LogP) is 6.90. The third-order valence-electron chi connectivity index (χ3n) is 8.58. The Balaban J connectivity index is 1.08. The van der Waals surface area contributed by atoms with Gasteiger partial charge in [-0.25, -0.2) is 15.0 Å². The predicted molar refractivity (Wildman–Crippen MR) is 176 cm³/mol. The number of nitrogens with one attached hydrogen (secondary N) is 2. The van der Waals surface area contributed by atoms with Gasteiger partial charge in [0.1, 0.15) is 5.82 Å². The van der Waals surface area contributed by atoms with E-state index in [0.29, 0.717) is 12.5 Å². The van der Waals surface area contributed by atoms with Gasteiger partial charge in [0.2, 0.25) is 5.91 Å². The normalized spacial score (nSPS) is 14.3. The number of para-hydroxylation sites is 2. The highest BCUT2D eigenvalue weighted by molar-refractivity contribution is 5.86. The maximum Gasteiger partial charge on any atom is 0.216 e. The van der Waals surface area contributed by atoms with Gasteiger partial charge >= 0.3 is 0 Å². The fourth-order valence-electron chi connectivity index (χ4n) is 6.19. The minimum atomic E-state index is -0.0175. The highest BCUT2D eigenvalue weighted by Crippen LogP contribution is 2.32. The zero-order chi connectivity index (χ0) is 29.9. The summed E-state index contributed by atoms with van der Waals surface area (Å²) >= 11 is 0. The van der Waals surface area contributed by atoms with Crippen LogP contribution in [0.4, 0.5) is 0 Å². The fourth-order valence-corrected chi connectivity index (χ4v) is 6.19. The van der Waals surface area contributed by atoms with Crippen LogP contribution in [0.2, 0.25) is 0 Å². The van der Waals surface area contributed by atoms with Gasteiger partial charge in [-0.05, 0) is 67.7 Å². The van der Waals surface area contributed by atoms with Crippen molar-refractivity contribution in [3.8, 4) is 22.5 Å². The summed E-state index contributed by atoms with van der Waals surface area (Å²) in [5.74, 6) is 1.59. The average Bonchev–Trinajstić information content (AvgIpc) is 3.50. The second-order valence-corrected chi connectivity index (χ2v) is 11.7. The van der Waals surface area contributed by atoms with E-state index in [1.54, 1.807) is 6.92 Å². The van der Waals surface area contributed by atoms with Gasteiger partial charge < -0.3 is 10.3 Å². The number of H-pyrrole nitrogens is 1. The van der Waals surface area contributed by atoms with Gasteiger partial charge in [-0.2, -0.15) is 0 Å². The molecule has 1 aliphatic rings. The molecule has 1 amide bonds. The first-order valence-electron chi connectivity index (χ1n) is 15.5. The van der Waals surface area contributed by atoms with Crippen LogP contribution in [0.25, 0.3) is 44.6 Å². The number of carbonyl (C=O) groups excluding carboxylic acids is 1. The van der Waals surface area contributed by atoms with Crippen molar-refractivity contribution in [1.82, 2.24) is 30.2 Å². The molecule has 0 unspecified atom stereocenters. The number of nitrogens with zero attached hydrogens (tertiary/aromatic N) is 4. The van der Waals surface area contributed by atoms with Crippen LogP contribution in [-0.4, -0.2) is 50.4 Å². The smallest absolute Gasteiger partial charge is 0.216 e. The lowest BCUT2D eigenvalue weighted by atomic mass is 9.95. The second-order valence-electron chi connectivity index (χ2n) is 11.7. The minimum absolute atomic E-state index is 0.0175. The average molecular weight is 581 g/mol. The Morgan fingerprint density at radius 3 is 2.20 bits per heavy atom. The number of rotatable bonds is 8. The number of aromatic amines is 1. The Hall–Kier alpha value is -4.88. The topological polar surface area (TPSA) is 86.8 Å². The van der Waals surface area contributed by atoms with Crippen molar-refractivity contribution in [2.45, 2.75) is 38.6 Å². The molecule has 3 heterocycles. The van der Waals surface area contributed by atoms with Crippen molar-refractivity contribution in [1.29, 1.82) is 0 Å². The van der Waals surface area contributed by atoms with Crippen LogP contribution in [-0.2, 0) is 17.8 Å². The second kappa shape index (κ2) is 12.4. The summed E-state index contributed by atoms with van der Waals surface area (Å²) in [5, 5.41) is 2.87. The van der Waals surface area contributed by atoms with Crippen molar-refractivity contribution >= 4 is 28.0 Å². The number of amides is 1. The van der Waals surface area contributed by atoms with E-state index in [4.69, 9.17) is 15.0 Å². The van der Waals surface area contributed by atoms with Gasteiger partial charge in [-0.15, -0.1) is 0 Å². The van der Waals surface area contributed by atoms with Crippen LogP contribution in [0.3, 0.4) is 0 Å². The molecule has 1 fully saturated rings. The number of fused-ring (bicyclic) bond motifs is 2. The fraction of sp³-hybridized carbons (Fsp3) is 0.243. The lowest BCUT2D eigenvalue weighted by molar-refractivity contribution is -0.118. The van der Waals surface area contributed by atoms with Gasteiger partial charge in [0.05, 0.1) is 33.5 Å². The van der Waals surface area contributed by atoms with Crippen LogP contribution in [0.1, 0.15) is 42.6 Å². The third kappa shape index (κ3) is 6.10. The Kier molecular flexibility index (Phi) is 7.86. The van der Waals surface area contributed by atoms with Gasteiger partial charge in [0.25, 0.3) is 0 Å². The lowest BCUT2D eigenvalue weighted by Crippen LogP contribution is -2.32. The lowest BCUT2D eigenvalue weighted by Gasteiger charge is -2.31. The monoisotopic (exact) mass is 580 g/mol. The Bertz CT molecular complexity index is 1870. The third-order valence-corrected chi connectivity index (χ3v) is 8.58. The summed E-state index contributed by atoms with van der Waals surface area (Å²) in [4.78, 5) is 32.5. The van der Waals surface area contributed by atoms with E-state index in [9.17, 15) is 4.79 Å².